The Bertz CT molecular complexity index is 612. The third kappa shape index (κ3) is 4.35. The smallest absolute Gasteiger partial charge is 0.315 e. The van der Waals surface area contributed by atoms with E-state index in [9.17, 15) is 4.79 Å². The van der Waals surface area contributed by atoms with Gasteiger partial charge in [-0.15, -0.1) is 0 Å². The number of anilines is 1. The molecule has 0 saturated heterocycles. The molecule has 3 heteroatoms. The summed E-state index contributed by atoms with van der Waals surface area (Å²) in [5.41, 5.74) is 2.86. The molecule has 3 nitrogen and oxygen atoms in total. The molecule has 2 amide bonds. The topological polar surface area (TPSA) is 32.3 Å². The number of carbonyl (C=O) groups excluding carboxylic acids is 1. The predicted molar refractivity (Wildman–Crippen MR) is 91.9 cm³/mol. The van der Waals surface area contributed by atoms with Gasteiger partial charge in [0.2, 0.25) is 0 Å². The molecule has 0 fully saturated rings. The largest absolute Gasteiger partial charge is 0.322 e. The van der Waals surface area contributed by atoms with Crippen LogP contribution in [0.4, 0.5) is 10.5 Å². The Hall–Kier alpha value is -2.29. The van der Waals surface area contributed by atoms with Crippen LogP contribution >= 0.6 is 0 Å². The van der Waals surface area contributed by atoms with E-state index in [2.05, 4.69) is 5.32 Å². The first-order valence-electron chi connectivity index (χ1n) is 7.55. The van der Waals surface area contributed by atoms with Crippen LogP contribution in [0.25, 0.3) is 0 Å². The van der Waals surface area contributed by atoms with Crippen LogP contribution < -0.4 is 5.32 Å². The molecule has 0 aromatic heterocycles. The zero-order chi connectivity index (χ0) is 16.2. The summed E-state index contributed by atoms with van der Waals surface area (Å²) in [5, 5.41) is 2.98. The fraction of sp³-hybridized carbons (Fsp3) is 0.316. The zero-order valence-electron chi connectivity index (χ0n) is 13.8. The molecule has 0 unspecified atom stereocenters. The number of hydrogen-bond donors (Lipinski definition) is 1. The van der Waals surface area contributed by atoms with Crippen molar-refractivity contribution in [3.8, 4) is 0 Å². The second-order valence-corrected chi connectivity index (χ2v) is 6.54. The van der Waals surface area contributed by atoms with Gasteiger partial charge < -0.3 is 10.2 Å². The van der Waals surface area contributed by atoms with Crippen molar-refractivity contribution in [3.63, 3.8) is 0 Å². The maximum Gasteiger partial charge on any atom is 0.322 e. The zero-order valence-corrected chi connectivity index (χ0v) is 13.8. The van der Waals surface area contributed by atoms with E-state index in [1.54, 1.807) is 0 Å². The highest BCUT2D eigenvalue weighted by Crippen LogP contribution is 2.19. The monoisotopic (exact) mass is 296 g/mol. The number of benzene rings is 2. The Labute approximate surface area is 133 Å². The van der Waals surface area contributed by atoms with Gasteiger partial charge in [0.1, 0.15) is 0 Å². The quantitative estimate of drug-likeness (QED) is 0.864. The summed E-state index contributed by atoms with van der Waals surface area (Å²) in [6.45, 7) is 8.75. The third-order valence-electron chi connectivity index (χ3n) is 3.54. The number of aryl methyl sites for hydroxylation is 1. The molecule has 0 spiro atoms. The molecule has 2 rings (SSSR count). The molecule has 0 bridgehead atoms. The van der Waals surface area contributed by atoms with Crippen molar-refractivity contribution in [1.82, 2.24) is 4.90 Å². The van der Waals surface area contributed by atoms with Crippen LogP contribution in [0.1, 0.15) is 31.9 Å². The van der Waals surface area contributed by atoms with Crippen LogP contribution in [-0.2, 0) is 6.54 Å². The summed E-state index contributed by atoms with van der Waals surface area (Å²) in [6, 6.07) is 17.8. The van der Waals surface area contributed by atoms with Gasteiger partial charge in [-0.2, -0.15) is 0 Å². The lowest BCUT2D eigenvalue weighted by atomic mass is 10.0. The van der Waals surface area contributed by atoms with Gasteiger partial charge in [0.05, 0.1) is 0 Å². The molecule has 2 aromatic carbocycles. The molecule has 2 aromatic rings. The first-order chi connectivity index (χ1) is 10.4. The first kappa shape index (κ1) is 16.1. The molecule has 0 saturated carbocycles. The van der Waals surface area contributed by atoms with Crippen molar-refractivity contribution in [3.05, 3.63) is 65.7 Å². The summed E-state index contributed by atoms with van der Waals surface area (Å²) in [7, 11) is 0. The van der Waals surface area contributed by atoms with Crippen LogP contribution in [0.3, 0.4) is 0 Å². The average Bonchev–Trinajstić information content (AvgIpc) is 2.47. The first-order valence-corrected chi connectivity index (χ1v) is 7.55. The van der Waals surface area contributed by atoms with E-state index < -0.39 is 0 Å². The van der Waals surface area contributed by atoms with E-state index >= 15 is 0 Å². The highest BCUT2D eigenvalue weighted by Gasteiger charge is 2.26. The van der Waals surface area contributed by atoms with Gasteiger partial charge >= 0.3 is 6.03 Å². The number of nitrogens with one attached hydrogen (secondary N) is 1. The Kier molecular flexibility index (Phi) is 4.86. The van der Waals surface area contributed by atoms with Crippen molar-refractivity contribution in [2.24, 2.45) is 0 Å². The lowest BCUT2D eigenvalue weighted by Gasteiger charge is -2.35. The van der Waals surface area contributed by atoms with E-state index in [1.807, 2.05) is 87.2 Å². The van der Waals surface area contributed by atoms with Gasteiger partial charge in [0.25, 0.3) is 0 Å². The van der Waals surface area contributed by atoms with Crippen molar-refractivity contribution >= 4 is 11.7 Å². The number of urea groups is 1. The molecule has 0 radical (unpaired) electrons. The second-order valence-electron chi connectivity index (χ2n) is 6.54. The lowest BCUT2D eigenvalue weighted by molar-refractivity contribution is 0.152. The van der Waals surface area contributed by atoms with Crippen LogP contribution in [0.5, 0.6) is 0 Å². The molecule has 0 aliphatic carbocycles. The van der Waals surface area contributed by atoms with Crippen LogP contribution in [-0.4, -0.2) is 16.5 Å². The number of nitrogens with zero attached hydrogens (tertiary/aromatic N) is 1. The van der Waals surface area contributed by atoms with Crippen molar-refractivity contribution in [1.29, 1.82) is 0 Å². The molecule has 0 aliphatic rings. The molecular weight excluding hydrogens is 272 g/mol. The van der Waals surface area contributed by atoms with Gasteiger partial charge in [0, 0.05) is 17.8 Å². The summed E-state index contributed by atoms with van der Waals surface area (Å²) >= 11 is 0. The number of amides is 2. The normalized spacial score (nSPS) is 11.1. The van der Waals surface area contributed by atoms with E-state index in [-0.39, 0.29) is 11.6 Å². The summed E-state index contributed by atoms with van der Waals surface area (Å²) in [5.74, 6) is 0. The average molecular weight is 296 g/mol. The molecule has 0 atom stereocenters. The van der Waals surface area contributed by atoms with Crippen LogP contribution in [0.15, 0.2) is 54.6 Å². The Morgan fingerprint density at radius 1 is 1.00 bits per heavy atom. The maximum absolute atomic E-state index is 12.7. The highest BCUT2D eigenvalue weighted by molar-refractivity contribution is 5.89. The second kappa shape index (κ2) is 6.65. The van der Waals surface area contributed by atoms with E-state index in [0.29, 0.717) is 6.54 Å². The number of rotatable bonds is 3. The third-order valence-corrected chi connectivity index (χ3v) is 3.54. The van der Waals surface area contributed by atoms with E-state index in [0.717, 1.165) is 11.3 Å². The van der Waals surface area contributed by atoms with Crippen LogP contribution in [0.2, 0.25) is 0 Å². The van der Waals surface area contributed by atoms with Gasteiger partial charge in [0.15, 0.2) is 0 Å². The van der Waals surface area contributed by atoms with Gasteiger partial charge in [-0.05, 0) is 45.4 Å². The van der Waals surface area contributed by atoms with Gasteiger partial charge in [-0.25, -0.2) is 4.79 Å². The fourth-order valence-electron chi connectivity index (χ4n) is 2.21. The summed E-state index contributed by atoms with van der Waals surface area (Å²) in [4.78, 5) is 14.5. The van der Waals surface area contributed by atoms with Crippen LogP contribution in [0, 0.1) is 6.92 Å². The minimum absolute atomic E-state index is 0.0831. The fourth-order valence-corrected chi connectivity index (χ4v) is 2.21. The van der Waals surface area contributed by atoms with Gasteiger partial charge in [-0.3, -0.25) is 0 Å². The minimum atomic E-state index is -0.259. The lowest BCUT2D eigenvalue weighted by Crippen LogP contribution is -2.47. The number of carbonyl (C=O) groups is 1. The predicted octanol–water partition coefficient (Wildman–Crippen LogP) is 4.83. The van der Waals surface area contributed by atoms with Crippen molar-refractivity contribution < 1.29 is 4.79 Å². The molecule has 1 N–H and O–H groups in total. The molecule has 116 valence electrons. The standard InChI is InChI=1S/C19H24N2O/c1-15-10-12-17(13-11-15)20-18(22)21(19(2,3)4)14-16-8-6-5-7-9-16/h5-13H,14H2,1-4H3,(H,20,22). The number of hydrogen-bond acceptors (Lipinski definition) is 1. The van der Waals surface area contributed by atoms with Gasteiger partial charge in [-0.1, -0.05) is 48.0 Å². The molecular formula is C19H24N2O. The van der Waals surface area contributed by atoms with E-state index in [4.69, 9.17) is 0 Å². The molecule has 0 aliphatic heterocycles. The summed E-state index contributed by atoms with van der Waals surface area (Å²) in [6.07, 6.45) is 0. The van der Waals surface area contributed by atoms with Crippen molar-refractivity contribution in [2.75, 3.05) is 5.32 Å². The Morgan fingerprint density at radius 3 is 2.14 bits per heavy atom. The Morgan fingerprint density at radius 2 is 1.59 bits per heavy atom. The Balaban J connectivity index is 2.15. The summed E-state index contributed by atoms with van der Waals surface area (Å²) < 4.78 is 0. The SMILES string of the molecule is Cc1ccc(NC(=O)N(Cc2ccccc2)C(C)(C)C)cc1. The molecule has 0 heterocycles. The highest BCUT2D eigenvalue weighted by atomic mass is 16.2. The maximum atomic E-state index is 12.7. The van der Waals surface area contributed by atoms with E-state index in [1.165, 1.54) is 5.56 Å². The van der Waals surface area contributed by atoms with Crippen molar-refractivity contribution in [2.45, 2.75) is 39.8 Å². The minimum Gasteiger partial charge on any atom is -0.315 e. The molecule has 22 heavy (non-hydrogen) atoms.